The van der Waals surface area contributed by atoms with E-state index in [0.29, 0.717) is 5.02 Å². The van der Waals surface area contributed by atoms with E-state index in [1.165, 1.54) is 11.1 Å². The summed E-state index contributed by atoms with van der Waals surface area (Å²) < 4.78 is 5.42. The number of aryl methyl sites for hydroxylation is 1. The lowest BCUT2D eigenvalue weighted by Gasteiger charge is -2.20. The molecule has 0 bridgehead atoms. The van der Waals surface area contributed by atoms with Gasteiger partial charge in [-0.05, 0) is 67.4 Å². The molecular weight excluding hydrogens is 305 g/mol. The van der Waals surface area contributed by atoms with Crippen molar-refractivity contribution in [3.8, 4) is 5.75 Å². The first-order chi connectivity index (χ1) is 10.0. The predicted molar refractivity (Wildman–Crippen MR) is 89.7 cm³/mol. The van der Waals surface area contributed by atoms with Crippen LogP contribution in [0.4, 0.5) is 0 Å². The van der Waals surface area contributed by atoms with Crippen molar-refractivity contribution in [1.29, 1.82) is 0 Å². The normalized spacial score (nSPS) is 12.2. The summed E-state index contributed by atoms with van der Waals surface area (Å²) in [4.78, 5) is 0. The Labute approximate surface area is 136 Å². The third kappa shape index (κ3) is 3.91. The topological polar surface area (TPSA) is 21.3 Å². The van der Waals surface area contributed by atoms with E-state index in [1.54, 1.807) is 7.11 Å². The van der Waals surface area contributed by atoms with Crippen molar-refractivity contribution in [2.24, 2.45) is 0 Å². The number of likely N-dealkylation sites (N-methyl/N-ethyl adjacent to an activating group) is 1. The fourth-order valence-electron chi connectivity index (χ4n) is 2.48. The molecule has 0 fully saturated rings. The van der Waals surface area contributed by atoms with Gasteiger partial charge in [-0.25, -0.2) is 0 Å². The second-order valence-electron chi connectivity index (χ2n) is 5.00. The molecular formula is C17H19Cl2NO. The molecule has 1 unspecified atom stereocenters. The van der Waals surface area contributed by atoms with Gasteiger partial charge in [-0.1, -0.05) is 29.3 Å². The maximum absolute atomic E-state index is 6.13. The van der Waals surface area contributed by atoms with Crippen LogP contribution in [0.15, 0.2) is 36.4 Å². The Kier molecular flexibility index (Phi) is 5.51. The molecule has 4 heteroatoms. The van der Waals surface area contributed by atoms with Gasteiger partial charge in [0.15, 0.2) is 0 Å². The van der Waals surface area contributed by atoms with Gasteiger partial charge in [0.05, 0.1) is 7.11 Å². The number of methoxy groups -OCH3 is 1. The first-order valence-electron chi connectivity index (χ1n) is 6.81. The van der Waals surface area contributed by atoms with Gasteiger partial charge < -0.3 is 10.1 Å². The highest BCUT2D eigenvalue weighted by atomic mass is 35.5. The molecule has 0 aliphatic carbocycles. The molecule has 0 aliphatic rings. The monoisotopic (exact) mass is 323 g/mol. The molecule has 0 aromatic heterocycles. The highest BCUT2D eigenvalue weighted by molar-refractivity contribution is 6.31. The van der Waals surface area contributed by atoms with Gasteiger partial charge in [-0.3, -0.25) is 0 Å². The molecule has 0 saturated carbocycles. The summed E-state index contributed by atoms with van der Waals surface area (Å²) in [5.41, 5.74) is 3.47. The molecule has 0 amide bonds. The van der Waals surface area contributed by atoms with Crippen LogP contribution in [0.1, 0.15) is 22.7 Å². The Morgan fingerprint density at radius 3 is 2.43 bits per heavy atom. The van der Waals surface area contributed by atoms with Gasteiger partial charge in [-0.15, -0.1) is 0 Å². The molecule has 0 aliphatic heterocycles. The summed E-state index contributed by atoms with van der Waals surface area (Å²) in [5.74, 6) is 0.847. The van der Waals surface area contributed by atoms with Crippen LogP contribution in [0, 0.1) is 6.92 Å². The summed E-state index contributed by atoms with van der Waals surface area (Å²) in [6, 6.07) is 11.8. The van der Waals surface area contributed by atoms with Crippen LogP contribution in [0.2, 0.25) is 10.0 Å². The van der Waals surface area contributed by atoms with Gasteiger partial charge >= 0.3 is 0 Å². The van der Waals surface area contributed by atoms with E-state index in [1.807, 2.05) is 43.4 Å². The smallest absolute Gasteiger partial charge is 0.122 e. The molecule has 2 nitrogen and oxygen atoms in total. The number of rotatable bonds is 5. The van der Waals surface area contributed by atoms with Crippen molar-refractivity contribution in [3.05, 3.63) is 63.1 Å². The Bertz CT molecular complexity index is 628. The lowest BCUT2D eigenvalue weighted by Crippen LogP contribution is -2.20. The predicted octanol–water partition coefficient (Wildman–Crippen LogP) is 4.81. The summed E-state index contributed by atoms with van der Waals surface area (Å²) in [6.07, 6.45) is 0.779. The fraction of sp³-hybridized carbons (Fsp3) is 0.294. The van der Waals surface area contributed by atoms with Crippen molar-refractivity contribution < 1.29 is 4.74 Å². The number of nitrogens with one attached hydrogen (secondary N) is 1. The summed E-state index contributed by atoms with van der Waals surface area (Å²) >= 11 is 12.2. The van der Waals surface area contributed by atoms with Gasteiger partial charge in [0.1, 0.15) is 5.75 Å². The zero-order valence-corrected chi connectivity index (χ0v) is 13.9. The third-order valence-electron chi connectivity index (χ3n) is 3.63. The van der Waals surface area contributed by atoms with Gasteiger partial charge in [0, 0.05) is 16.1 Å². The molecule has 112 valence electrons. The van der Waals surface area contributed by atoms with Crippen molar-refractivity contribution >= 4 is 23.2 Å². The Balaban J connectivity index is 2.35. The molecule has 2 rings (SSSR count). The van der Waals surface area contributed by atoms with E-state index in [4.69, 9.17) is 27.9 Å². The van der Waals surface area contributed by atoms with E-state index in [-0.39, 0.29) is 6.04 Å². The summed E-state index contributed by atoms with van der Waals surface area (Å²) in [7, 11) is 3.62. The first-order valence-corrected chi connectivity index (χ1v) is 7.56. The molecule has 21 heavy (non-hydrogen) atoms. The maximum Gasteiger partial charge on any atom is 0.122 e. The molecule has 0 radical (unpaired) electrons. The highest BCUT2D eigenvalue weighted by Gasteiger charge is 2.16. The van der Waals surface area contributed by atoms with Crippen molar-refractivity contribution in [1.82, 2.24) is 5.32 Å². The van der Waals surface area contributed by atoms with Crippen LogP contribution in [0.5, 0.6) is 5.75 Å². The first kappa shape index (κ1) is 16.2. The van der Waals surface area contributed by atoms with Crippen LogP contribution in [-0.2, 0) is 6.42 Å². The molecule has 1 atom stereocenters. The number of hydrogen-bond donors (Lipinski definition) is 1. The zero-order chi connectivity index (χ0) is 15.4. The average molecular weight is 324 g/mol. The van der Waals surface area contributed by atoms with Crippen molar-refractivity contribution in [2.75, 3.05) is 14.2 Å². The van der Waals surface area contributed by atoms with E-state index in [9.17, 15) is 0 Å². The van der Waals surface area contributed by atoms with Crippen LogP contribution in [0.3, 0.4) is 0 Å². The zero-order valence-electron chi connectivity index (χ0n) is 12.4. The standard InChI is InChI=1S/C17H19Cl2NO/c1-11-4-5-14(19)10-15(11)16(20-2)9-12-8-13(18)6-7-17(12)21-3/h4-8,10,16,20H,9H2,1-3H3. The summed E-state index contributed by atoms with van der Waals surface area (Å²) in [6.45, 7) is 2.09. The van der Waals surface area contributed by atoms with Crippen molar-refractivity contribution in [2.45, 2.75) is 19.4 Å². The third-order valence-corrected chi connectivity index (χ3v) is 4.10. The van der Waals surface area contributed by atoms with E-state index in [2.05, 4.69) is 12.2 Å². The minimum absolute atomic E-state index is 0.149. The average Bonchev–Trinajstić information content (AvgIpc) is 2.47. The Morgan fingerprint density at radius 2 is 1.76 bits per heavy atom. The molecule has 0 spiro atoms. The molecule has 0 heterocycles. The van der Waals surface area contributed by atoms with Crippen LogP contribution in [-0.4, -0.2) is 14.2 Å². The minimum Gasteiger partial charge on any atom is -0.496 e. The number of ether oxygens (including phenoxy) is 1. The molecule has 1 N–H and O–H groups in total. The number of benzene rings is 2. The molecule has 2 aromatic carbocycles. The van der Waals surface area contributed by atoms with Crippen LogP contribution in [0.25, 0.3) is 0 Å². The fourth-order valence-corrected chi connectivity index (χ4v) is 2.86. The molecule has 0 saturated heterocycles. The lowest BCUT2D eigenvalue weighted by molar-refractivity contribution is 0.406. The minimum atomic E-state index is 0.149. The SMILES string of the molecule is CNC(Cc1cc(Cl)ccc1OC)c1cc(Cl)ccc1C. The Morgan fingerprint density at radius 1 is 1.10 bits per heavy atom. The largest absolute Gasteiger partial charge is 0.496 e. The number of hydrogen-bond acceptors (Lipinski definition) is 2. The Hall–Kier alpha value is -1.22. The second-order valence-corrected chi connectivity index (χ2v) is 5.88. The van der Waals surface area contributed by atoms with E-state index < -0.39 is 0 Å². The van der Waals surface area contributed by atoms with Crippen LogP contribution >= 0.6 is 23.2 Å². The summed E-state index contributed by atoms with van der Waals surface area (Å²) in [5, 5.41) is 4.80. The van der Waals surface area contributed by atoms with E-state index in [0.717, 1.165) is 22.8 Å². The maximum atomic E-state index is 6.13. The highest BCUT2D eigenvalue weighted by Crippen LogP contribution is 2.30. The van der Waals surface area contributed by atoms with Crippen LogP contribution < -0.4 is 10.1 Å². The molecule has 2 aromatic rings. The van der Waals surface area contributed by atoms with Gasteiger partial charge in [0.25, 0.3) is 0 Å². The van der Waals surface area contributed by atoms with Gasteiger partial charge in [-0.2, -0.15) is 0 Å². The van der Waals surface area contributed by atoms with Gasteiger partial charge in [0.2, 0.25) is 0 Å². The van der Waals surface area contributed by atoms with Crippen molar-refractivity contribution in [3.63, 3.8) is 0 Å². The van der Waals surface area contributed by atoms with E-state index >= 15 is 0 Å². The number of halogens is 2. The second kappa shape index (κ2) is 7.17. The lowest BCUT2D eigenvalue weighted by atomic mass is 9.95. The quantitative estimate of drug-likeness (QED) is 0.852.